The van der Waals surface area contributed by atoms with Gasteiger partial charge < -0.3 is 10.6 Å². The topological polar surface area (TPSA) is 39.7 Å². The number of hydrogen-bond acceptors (Lipinski definition) is 2. The fraction of sp³-hybridized carbons (Fsp3) is 0.632. The number of halogens is 1. The molecule has 1 atom stereocenters. The zero-order valence-corrected chi connectivity index (χ0v) is 17.3. The molecule has 0 spiro atoms. The Morgan fingerprint density at radius 2 is 1.83 bits per heavy atom. The number of hydrogen-bond donors (Lipinski definition) is 2. The van der Waals surface area contributed by atoms with E-state index in [2.05, 4.69) is 51.7 Å². The molecule has 1 aromatic rings. The van der Waals surface area contributed by atoms with Crippen molar-refractivity contribution in [2.75, 3.05) is 33.2 Å². The molecule has 0 amide bonds. The van der Waals surface area contributed by atoms with E-state index in [-0.39, 0.29) is 24.0 Å². The van der Waals surface area contributed by atoms with Crippen molar-refractivity contribution >= 4 is 29.9 Å². The van der Waals surface area contributed by atoms with Crippen molar-refractivity contribution in [2.24, 2.45) is 10.9 Å². The van der Waals surface area contributed by atoms with Gasteiger partial charge in [-0.25, -0.2) is 0 Å². The molecular formula is C19H31IN4. The van der Waals surface area contributed by atoms with Gasteiger partial charge in [0.2, 0.25) is 0 Å². The van der Waals surface area contributed by atoms with Crippen LogP contribution in [0.3, 0.4) is 0 Å². The predicted molar refractivity (Wildman–Crippen MR) is 112 cm³/mol. The number of nitrogens with one attached hydrogen (secondary N) is 2. The van der Waals surface area contributed by atoms with Gasteiger partial charge in [-0.15, -0.1) is 24.0 Å². The van der Waals surface area contributed by atoms with Crippen molar-refractivity contribution in [3.8, 4) is 0 Å². The Morgan fingerprint density at radius 3 is 2.42 bits per heavy atom. The molecule has 134 valence electrons. The minimum atomic E-state index is 0. The average molecular weight is 442 g/mol. The van der Waals surface area contributed by atoms with Crippen molar-refractivity contribution in [1.82, 2.24) is 15.5 Å². The van der Waals surface area contributed by atoms with E-state index in [0.717, 1.165) is 25.0 Å². The zero-order valence-electron chi connectivity index (χ0n) is 14.9. The van der Waals surface area contributed by atoms with Gasteiger partial charge in [-0.3, -0.25) is 9.89 Å². The number of aryl methyl sites for hydroxylation is 1. The summed E-state index contributed by atoms with van der Waals surface area (Å²) < 4.78 is 0. The van der Waals surface area contributed by atoms with Crippen LogP contribution in [0.4, 0.5) is 0 Å². The maximum absolute atomic E-state index is 4.37. The molecule has 3 rings (SSSR count). The highest BCUT2D eigenvalue weighted by atomic mass is 127. The predicted octanol–water partition coefficient (Wildman–Crippen LogP) is 3.32. The second kappa shape index (κ2) is 9.61. The van der Waals surface area contributed by atoms with Crippen LogP contribution in [0.1, 0.15) is 42.9 Å². The lowest BCUT2D eigenvalue weighted by Crippen LogP contribution is -2.43. The molecule has 1 saturated carbocycles. The first-order valence-electron chi connectivity index (χ1n) is 9.01. The Balaban J connectivity index is 0.00000208. The van der Waals surface area contributed by atoms with Gasteiger partial charge in [0.1, 0.15) is 0 Å². The molecule has 1 aromatic carbocycles. The van der Waals surface area contributed by atoms with Gasteiger partial charge in [0.15, 0.2) is 5.96 Å². The van der Waals surface area contributed by atoms with E-state index in [1.165, 1.54) is 49.9 Å². The van der Waals surface area contributed by atoms with E-state index < -0.39 is 0 Å². The van der Waals surface area contributed by atoms with Crippen molar-refractivity contribution in [1.29, 1.82) is 0 Å². The summed E-state index contributed by atoms with van der Waals surface area (Å²) in [4.78, 5) is 6.97. The zero-order chi connectivity index (χ0) is 16.1. The summed E-state index contributed by atoms with van der Waals surface area (Å²) in [5.74, 6) is 1.80. The first-order valence-corrected chi connectivity index (χ1v) is 9.01. The van der Waals surface area contributed by atoms with Gasteiger partial charge in [0.25, 0.3) is 0 Å². The van der Waals surface area contributed by atoms with Crippen LogP contribution in [0.5, 0.6) is 0 Å². The van der Waals surface area contributed by atoms with Crippen molar-refractivity contribution in [3.05, 3.63) is 35.4 Å². The highest BCUT2D eigenvalue weighted by Gasteiger charge is 2.24. The summed E-state index contributed by atoms with van der Waals surface area (Å²) in [6.45, 7) is 6.52. The Labute approximate surface area is 163 Å². The fourth-order valence-electron chi connectivity index (χ4n) is 3.28. The first kappa shape index (κ1) is 19.5. The second-order valence-corrected chi connectivity index (χ2v) is 6.95. The van der Waals surface area contributed by atoms with Gasteiger partial charge in [-0.05, 0) is 57.2 Å². The summed E-state index contributed by atoms with van der Waals surface area (Å²) in [5, 5.41) is 7.00. The molecule has 2 aliphatic rings. The Bertz CT molecular complexity index is 519. The van der Waals surface area contributed by atoms with Crippen LogP contribution in [0.25, 0.3) is 0 Å². The molecule has 4 nitrogen and oxygen atoms in total. The van der Waals surface area contributed by atoms with Crippen molar-refractivity contribution in [2.45, 2.75) is 38.6 Å². The third-order valence-electron chi connectivity index (χ3n) is 4.99. The van der Waals surface area contributed by atoms with E-state index >= 15 is 0 Å². The molecule has 0 bridgehead atoms. The van der Waals surface area contributed by atoms with Crippen LogP contribution in [0.2, 0.25) is 0 Å². The standard InChI is InChI=1S/C19H30N4.HI/c1-15-5-9-17(10-6-15)18(23-11-3-4-12-23)14-22-19(20-2)21-13-16-7-8-16;/h5-6,9-10,16,18H,3-4,7-8,11-14H2,1-2H3,(H2,20,21,22);1H. The number of guanidine groups is 1. The van der Waals surface area contributed by atoms with E-state index in [9.17, 15) is 0 Å². The third-order valence-corrected chi connectivity index (χ3v) is 4.99. The molecule has 1 heterocycles. The highest BCUT2D eigenvalue weighted by Crippen LogP contribution is 2.27. The molecule has 1 saturated heterocycles. The van der Waals surface area contributed by atoms with Gasteiger partial charge in [0, 0.05) is 20.1 Å². The Hall–Kier alpha value is -0.820. The maximum atomic E-state index is 4.37. The summed E-state index contributed by atoms with van der Waals surface area (Å²) >= 11 is 0. The number of likely N-dealkylation sites (tertiary alicyclic amines) is 1. The molecule has 1 aliphatic carbocycles. The van der Waals surface area contributed by atoms with Crippen LogP contribution in [0, 0.1) is 12.8 Å². The maximum Gasteiger partial charge on any atom is 0.191 e. The molecule has 0 aromatic heterocycles. The minimum absolute atomic E-state index is 0. The lowest BCUT2D eigenvalue weighted by Gasteiger charge is -2.29. The number of benzene rings is 1. The van der Waals surface area contributed by atoms with E-state index in [4.69, 9.17) is 0 Å². The lowest BCUT2D eigenvalue weighted by atomic mass is 10.0. The van der Waals surface area contributed by atoms with Crippen molar-refractivity contribution in [3.63, 3.8) is 0 Å². The normalized spacial score (nSPS) is 19.7. The van der Waals surface area contributed by atoms with E-state index in [1.54, 1.807) is 0 Å². The minimum Gasteiger partial charge on any atom is -0.356 e. The molecule has 1 aliphatic heterocycles. The Kier molecular flexibility index (Phi) is 7.81. The van der Waals surface area contributed by atoms with E-state index in [0.29, 0.717) is 6.04 Å². The first-order chi connectivity index (χ1) is 11.3. The van der Waals surface area contributed by atoms with Crippen LogP contribution >= 0.6 is 24.0 Å². The number of rotatable bonds is 6. The quantitative estimate of drug-likeness (QED) is 0.404. The summed E-state index contributed by atoms with van der Waals surface area (Å²) in [6.07, 6.45) is 5.36. The highest BCUT2D eigenvalue weighted by molar-refractivity contribution is 14.0. The fourth-order valence-corrected chi connectivity index (χ4v) is 3.28. The summed E-state index contributed by atoms with van der Waals surface area (Å²) in [5.41, 5.74) is 2.73. The van der Waals surface area contributed by atoms with Gasteiger partial charge in [0.05, 0.1) is 6.04 Å². The van der Waals surface area contributed by atoms with Crippen LogP contribution in [-0.4, -0.2) is 44.1 Å². The largest absolute Gasteiger partial charge is 0.356 e. The molecule has 0 radical (unpaired) electrons. The van der Waals surface area contributed by atoms with Crippen LogP contribution in [0.15, 0.2) is 29.3 Å². The average Bonchev–Trinajstić information content (AvgIpc) is 3.24. The monoisotopic (exact) mass is 442 g/mol. The SMILES string of the molecule is CN=C(NCC1CC1)NCC(c1ccc(C)cc1)N1CCCC1.I. The number of nitrogens with zero attached hydrogens (tertiary/aromatic N) is 2. The molecule has 2 fully saturated rings. The van der Waals surface area contributed by atoms with Gasteiger partial charge >= 0.3 is 0 Å². The lowest BCUT2D eigenvalue weighted by molar-refractivity contribution is 0.245. The Morgan fingerprint density at radius 1 is 1.17 bits per heavy atom. The van der Waals surface area contributed by atoms with Crippen LogP contribution < -0.4 is 10.6 Å². The summed E-state index contributed by atoms with van der Waals surface area (Å²) in [6, 6.07) is 9.43. The molecule has 24 heavy (non-hydrogen) atoms. The van der Waals surface area contributed by atoms with Gasteiger partial charge in [-0.2, -0.15) is 0 Å². The molecule has 2 N–H and O–H groups in total. The van der Waals surface area contributed by atoms with E-state index in [1.807, 2.05) is 7.05 Å². The molecule has 5 heteroatoms. The number of aliphatic imine (C=N–C) groups is 1. The molecule has 1 unspecified atom stereocenters. The third kappa shape index (κ3) is 5.62. The van der Waals surface area contributed by atoms with Crippen molar-refractivity contribution < 1.29 is 0 Å². The molecular weight excluding hydrogens is 411 g/mol. The second-order valence-electron chi connectivity index (χ2n) is 6.95. The van der Waals surface area contributed by atoms with Gasteiger partial charge in [-0.1, -0.05) is 29.8 Å². The summed E-state index contributed by atoms with van der Waals surface area (Å²) in [7, 11) is 1.86. The smallest absolute Gasteiger partial charge is 0.191 e. The van der Waals surface area contributed by atoms with Crippen LogP contribution in [-0.2, 0) is 0 Å².